The number of ether oxygens (including phenoxy) is 1. The number of H-pyrrole nitrogens is 1. The second kappa shape index (κ2) is 5.76. The van der Waals surface area contributed by atoms with Crippen molar-refractivity contribution in [2.75, 3.05) is 26.3 Å². The van der Waals surface area contributed by atoms with E-state index in [2.05, 4.69) is 35.0 Å². The molecule has 4 rings (SSSR count). The van der Waals surface area contributed by atoms with Crippen molar-refractivity contribution in [2.45, 2.75) is 38.1 Å². The summed E-state index contributed by atoms with van der Waals surface area (Å²) in [5, 5.41) is 9.12. The van der Waals surface area contributed by atoms with Crippen LogP contribution in [0.25, 0.3) is 10.9 Å². The zero-order valence-corrected chi connectivity index (χ0v) is 14.6. The molecule has 0 radical (unpaired) electrons. The lowest BCUT2D eigenvalue weighted by Gasteiger charge is -2.44. The molecule has 1 aromatic carbocycles. The number of fused-ring (bicyclic) bond motifs is 1. The predicted molar refractivity (Wildman–Crippen MR) is 93.0 cm³/mol. The number of aromatic nitrogens is 2. The van der Waals surface area contributed by atoms with Gasteiger partial charge in [0, 0.05) is 15.9 Å². The van der Waals surface area contributed by atoms with Crippen LogP contribution in [-0.4, -0.2) is 46.9 Å². The van der Waals surface area contributed by atoms with E-state index in [0.29, 0.717) is 11.8 Å². The molecule has 1 unspecified atom stereocenters. The Hall–Kier alpha value is -1.10. The van der Waals surface area contributed by atoms with Crippen molar-refractivity contribution in [1.82, 2.24) is 15.1 Å². The van der Waals surface area contributed by atoms with Crippen LogP contribution in [0.15, 0.2) is 18.3 Å². The molecule has 0 aliphatic carbocycles. The fourth-order valence-corrected chi connectivity index (χ4v) is 4.49. The molecule has 2 saturated heterocycles. The molecular weight excluding hydrogens is 310 g/mol. The average Bonchev–Trinajstić information content (AvgIpc) is 3.14. The fourth-order valence-electron chi connectivity index (χ4n) is 4.16. The molecule has 2 aliphatic rings. The van der Waals surface area contributed by atoms with Crippen LogP contribution >= 0.6 is 11.6 Å². The van der Waals surface area contributed by atoms with Crippen LogP contribution in [0.5, 0.6) is 0 Å². The molecule has 2 atom stereocenters. The van der Waals surface area contributed by atoms with Crippen LogP contribution in [0, 0.1) is 5.92 Å². The first-order valence-electron chi connectivity index (χ1n) is 8.53. The minimum atomic E-state index is 0.197. The lowest BCUT2D eigenvalue weighted by atomic mass is 9.83. The third-order valence-electron chi connectivity index (χ3n) is 6.04. The first-order valence-corrected chi connectivity index (χ1v) is 8.91. The number of halogens is 1. The highest BCUT2D eigenvalue weighted by Crippen LogP contribution is 2.39. The zero-order valence-electron chi connectivity index (χ0n) is 13.8. The number of aromatic amines is 1. The first kappa shape index (κ1) is 15.4. The van der Waals surface area contributed by atoms with E-state index >= 15 is 0 Å². The normalized spacial score (nSPS) is 30.3. The monoisotopic (exact) mass is 333 g/mol. The highest BCUT2D eigenvalue weighted by Gasteiger charge is 2.43. The van der Waals surface area contributed by atoms with Gasteiger partial charge in [-0.15, -0.1) is 0 Å². The van der Waals surface area contributed by atoms with Gasteiger partial charge in [0.2, 0.25) is 0 Å². The van der Waals surface area contributed by atoms with Gasteiger partial charge >= 0.3 is 0 Å². The van der Waals surface area contributed by atoms with Gasteiger partial charge in [-0.3, -0.25) is 10.00 Å². The Bertz CT molecular complexity index is 707. The third kappa shape index (κ3) is 2.57. The number of nitrogens with zero attached hydrogens (tertiary/aromatic N) is 2. The standard InChI is InChI=1S/C18H24ClN3O/c1-12-10-23-11-18(12,2)22-5-3-13(4-6-22)15-8-17-14(7-16(15)19)9-20-21-17/h7-9,12-13H,3-6,10-11H2,1-2H3,(H,20,21)/t12-,18?/m1/s1. The van der Waals surface area contributed by atoms with Crippen molar-refractivity contribution < 1.29 is 4.74 Å². The summed E-state index contributed by atoms with van der Waals surface area (Å²) in [7, 11) is 0. The van der Waals surface area contributed by atoms with Gasteiger partial charge < -0.3 is 4.74 Å². The van der Waals surface area contributed by atoms with Gasteiger partial charge in [-0.05, 0) is 62.4 Å². The van der Waals surface area contributed by atoms with Crippen LogP contribution < -0.4 is 0 Å². The third-order valence-corrected chi connectivity index (χ3v) is 6.37. The maximum absolute atomic E-state index is 6.53. The van der Waals surface area contributed by atoms with E-state index in [1.807, 2.05) is 12.3 Å². The summed E-state index contributed by atoms with van der Waals surface area (Å²) in [5.41, 5.74) is 2.54. The van der Waals surface area contributed by atoms with Gasteiger partial charge in [0.05, 0.1) is 24.9 Å². The van der Waals surface area contributed by atoms with Gasteiger partial charge in [-0.25, -0.2) is 0 Å². The average molecular weight is 334 g/mol. The first-order chi connectivity index (χ1) is 11.1. The van der Waals surface area contributed by atoms with Crippen molar-refractivity contribution in [1.29, 1.82) is 0 Å². The number of nitrogens with one attached hydrogen (secondary N) is 1. The van der Waals surface area contributed by atoms with Crippen LogP contribution in [0.4, 0.5) is 0 Å². The summed E-state index contributed by atoms with van der Waals surface area (Å²) >= 11 is 6.53. The summed E-state index contributed by atoms with van der Waals surface area (Å²) in [6.45, 7) is 8.65. The largest absolute Gasteiger partial charge is 0.379 e. The summed E-state index contributed by atoms with van der Waals surface area (Å²) in [4.78, 5) is 2.63. The minimum absolute atomic E-state index is 0.197. The van der Waals surface area contributed by atoms with E-state index < -0.39 is 0 Å². The highest BCUT2D eigenvalue weighted by molar-refractivity contribution is 6.32. The lowest BCUT2D eigenvalue weighted by molar-refractivity contribution is 0.0434. The van der Waals surface area contributed by atoms with E-state index in [1.165, 1.54) is 5.56 Å². The van der Waals surface area contributed by atoms with E-state index in [0.717, 1.165) is 55.1 Å². The van der Waals surface area contributed by atoms with E-state index in [-0.39, 0.29) is 5.54 Å². The number of hydrogen-bond acceptors (Lipinski definition) is 3. The van der Waals surface area contributed by atoms with Crippen molar-refractivity contribution in [2.24, 2.45) is 5.92 Å². The molecule has 3 heterocycles. The molecule has 5 heteroatoms. The minimum Gasteiger partial charge on any atom is -0.379 e. The molecule has 0 bridgehead atoms. The van der Waals surface area contributed by atoms with Crippen molar-refractivity contribution in [3.8, 4) is 0 Å². The van der Waals surface area contributed by atoms with E-state index in [9.17, 15) is 0 Å². The molecule has 0 saturated carbocycles. The zero-order chi connectivity index (χ0) is 16.0. The van der Waals surface area contributed by atoms with E-state index in [1.54, 1.807) is 0 Å². The summed E-state index contributed by atoms with van der Waals surface area (Å²) < 4.78 is 5.72. The topological polar surface area (TPSA) is 41.1 Å². The number of rotatable bonds is 2. The molecule has 1 aromatic heterocycles. The molecular formula is C18H24ClN3O. The number of benzene rings is 1. The molecule has 1 N–H and O–H groups in total. The van der Waals surface area contributed by atoms with Crippen molar-refractivity contribution in [3.63, 3.8) is 0 Å². The smallest absolute Gasteiger partial charge is 0.0654 e. The second-order valence-corrected chi connectivity index (χ2v) is 7.77. The maximum Gasteiger partial charge on any atom is 0.0654 e. The Morgan fingerprint density at radius 2 is 2.13 bits per heavy atom. The van der Waals surface area contributed by atoms with Gasteiger partial charge in [0.1, 0.15) is 0 Å². The maximum atomic E-state index is 6.53. The Morgan fingerprint density at radius 3 is 2.83 bits per heavy atom. The van der Waals surface area contributed by atoms with Gasteiger partial charge in [-0.2, -0.15) is 5.10 Å². The number of hydrogen-bond donors (Lipinski definition) is 1. The molecule has 124 valence electrons. The molecule has 0 amide bonds. The Balaban J connectivity index is 1.51. The van der Waals surface area contributed by atoms with Crippen LogP contribution in [0.3, 0.4) is 0 Å². The number of piperidine rings is 1. The Morgan fingerprint density at radius 1 is 1.35 bits per heavy atom. The molecule has 0 spiro atoms. The molecule has 2 fully saturated rings. The molecule has 2 aromatic rings. The SMILES string of the molecule is C[C@@H]1COCC1(C)N1CCC(c2cc3[nH]ncc3cc2Cl)CC1. The molecule has 2 aliphatic heterocycles. The molecule has 23 heavy (non-hydrogen) atoms. The Labute approximate surface area is 142 Å². The summed E-state index contributed by atoms with van der Waals surface area (Å²) in [5.74, 6) is 1.14. The summed E-state index contributed by atoms with van der Waals surface area (Å²) in [6.07, 6.45) is 4.14. The van der Waals surface area contributed by atoms with Gasteiger partial charge in [0.25, 0.3) is 0 Å². The Kier molecular flexibility index (Phi) is 3.87. The summed E-state index contributed by atoms with van der Waals surface area (Å²) in [6, 6.07) is 4.23. The lowest BCUT2D eigenvalue weighted by Crippen LogP contribution is -2.53. The van der Waals surface area contributed by atoms with Gasteiger partial charge in [0.15, 0.2) is 0 Å². The molecule has 4 nitrogen and oxygen atoms in total. The quantitative estimate of drug-likeness (QED) is 0.908. The predicted octanol–water partition coefficient (Wildman–Crippen LogP) is 3.82. The van der Waals surface area contributed by atoms with Crippen LogP contribution in [0.2, 0.25) is 5.02 Å². The van der Waals surface area contributed by atoms with Crippen LogP contribution in [-0.2, 0) is 4.74 Å². The fraction of sp³-hybridized carbons (Fsp3) is 0.611. The van der Waals surface area contributed by atoms with Crippen molar-refractivity contribution >= 4 is 22.5 Å². The second-order valence-electron chi connectivity index (χ2n) is 7.37. The highest BCUT2D eigenvalue weighted by atomic mass is 35.5. The van der Waals surface area contributed by atoms with Crippen molar-refractivity contribution in [3.05, 3.63) is 28.9 Å². The van der Waals surface area contributed by atoms with Crippen LogP contribution in [0.1, 0.15) is 38.2 Å². The van der Waals surface area contributed by atoms with Gasteiger partial charge in [-0.1, -0.05) is 18.5 Å². The number of likely N-dealkylation sites (tertiary alicyclic amines) is 1. The van der Waals surface area contributed by atoms with E-state index in [4.69, 9.17) is 16.3 Å².